The van der Waals surface area contributed by atoms with Crippen molar-refractivity contribution in [2.75, 3.05) is 0 Å². The van der Waals surface area contributed by atoms with Crippen LogP contribution in [0.2, 0.25) is 0 Å². The third-order valence-electron chi connectivity index (χ3n) is 5.97. The van der Waals surface area contributed by atoms with E-state index in [9.17, 15) is 14.4 Å². The highest BCUT2D eigenvalue weighted by Gasteiger charge is 2.31. The first-order chi connectivity index (χ1) is 17.5. The predicted molar refractivity (Wildman–Crippen MR) is 125 cm³/mol. The van der Waals surface area contributed by atoms with Crippen molar-refractivity contribution in [1.82, 2.24) is 30.0 Å². The minimum absolute atomic E-state index is 0.150. The van der Waals surface area contributed by atoms with E-state index in [0.717, 1.165) is 16.7 Å². The second kappa shape index (κ2) is 8.69. The summed E-state index contributed by atoms with van der Waals surface area (Å²) in [5.74, 6) is -0.132. The lowest BCUT2D eigenvalue weighted by Crippen LogP contribution is -2.43. The van der Waals surface area contributed by atoms with Crippen molar-refractivity contribution in [2.24, 2.45) is 0 Å². The topological polar surface area (TPSA) is 146 Å². The summed E-state index contributed by atoms with van der Waals surface area (Å²) in [6, 6.07) is 13.7. The number of piperidine rings is 1. The molecule has 1 unspecified atom stereocenters. The average Bonchev–Trinajstić information content (AvgIpc) is 3.48. The fraction of sp³-hybridized carbons (Fsp3) is 0.160. The number of fused-ring (bicyclic) bond motifs is 1. The molecule has 1 saturated heterocycles. The number of imide groups is 1. The number of hydrogen-bond donors (Lipinski definition) is 1. The Bertz CT molecular complexity index is 1670. The van der Waals surface area contributed by atoms with Crippen LogP contribution >= 0.6 is 0 Å². The van der Waals surface area contributed by atoms with E-state index >= 15 is 0 Å². The Labute approximate surface area is 202 Å². The van der Waals surface area contributed by atoms with Crippen LogP contribution in [0.3, 0.4) is 0 Å². The molecule has 0 saturated carbocycles. The largest absolute Gasteiger partial charge is 0.420 e. The number of rotatable bonds is 5. The normalized spacial score (nSPS) is 15.8. The lowest BCUT2D eigenvalue weighted by Gasteiger charge is -2.21. The number of aromatic nitrogens is 5. The minimum atomic E-state index is -0.817. The number of carbonyl (C=O) groups is 2. The maximum atomic E-state index is 12.5. The second-order valence-electron chi connectivity index (χ2n) is 8.35. The zero-order valence-electron chi connectivity index (χ0n) is 18.7. The fourth-order valence-corrected chi connectivity index (χ4v) is 4.28. The zero-order chi connectivity index (χ0) is 24.6. The van der Waals surface area contributed by atoms with Gasteiger partial charge in [0.15, 0.2) is 11.4 Å². The van der Waals surface area contributed by atoms with Crippen LogP contribution in [-0.2, 0) is 16.0 Å². The van der Waals surface area contributed by atoms with Crippen molar-refractivity contribution in [3.63, 3.8) is 0 Å². The number of oxazole rings is 1. The molecule has 4 heterocycles. The molecule has 2 amide bonds. The quantitative estimate of drug-likeness (QED) is 0.374. The molecule has 2 aromatic carbocycles. The SMILES string of the molecule is O=C1CCC(n2c(=O)oc3ccc(Cc4nc(-c5cccc(-c6ncccn6)c5)no4)cc32)C(=O)N1. The summed E-state index contributed by atoms with van der Waals surface area (Å²) in [6.45, 7) is 0. The molecule has 11 heteroatoms. The smallest absolute Gasteiger partial charge is 0.408 e. The van der Waals surface area contributed by atoms with E-state index in [1.807, 2.05) is 24.3 Å². The van der Waals surface area contributed by atoms with Gasteiger partial charge in [0.25, 0.3) is 0 Å². The van der Waals surface area contributed by atoms with Crippen molar-refractivity contribution in [1.29, 1.82) is 0 Å². The van der Waals surface area contributed by atoms with Gasteiger partial charge < -0.3 is 8.94 Å². The van der Waals surface area contributed by atoms with Gasteiger partial charge in [0.05, 0.1) is 11.9 Å². The first-order valence-corrected chi connectivity index (χ1v) is 11.2. The van der Waals surface area contributed by atoms with Crippen LogP contribution < -0.4 is 11.1 Å². The van der Waals surface area contributed by atoms with E-state index < -0.39 is 17.7 Å². The zero-order valence-corrected chi connectivity index (χ0v) is 18.7. The highest BCUT2D eigenvalue weighted by molar-refractivity contribution is 6.00. The van der Waals surface area contributed by atoms with E-state index in [2.05, 4.69) is 25.4 Å². The molecule has 178 valence electrons. The van der Waals surface area contributed by atoms with Gasteiger partial charge in [-0.25, -0.2) is 14.8 Å². The molecule has 0 radical (unpaired) electrons. The fourth-order valence-electron chi connectivity index (χ4n) is 4.28. The highest BCUT2D eigenvalue weighted by Crippen LogP contribution is 2.26. The predicted octanol–water partition coefficient (Wildman–Crippen LogP) is 2.67. The Morgan fingerprint density at radius 1 is 0.972 bits per heavy atom. The van der Waals surface area contributed by atoms with Crippen LogP contribution in [-0.4, -0.2) is 36.5 Å². The molecule has 6 rings (SSSR count). The van der Waals surface area contributed by atoms with Crippen LogP contribution in [0.4, 0.5) is 0 Å². The summed E-state index contributed by atoms with van der Waals surface area (Å²) in [6.07, 6.45) is 4.04. The Morgan fingerprint density at radius 3 is 2.58 bits per heavy atom. The van der Waals surface area contributed by atoms with Crippen LogP contribution in [0.15, 0.2) is 74.7 Å². The monoisotopic (exact) mass is 482 g/mol. The number of benzene rings is 2. The van der Waals surface area contributed by atoms with Gasteiger partial charge in [-0.05, 0) is 36.2 Å². The number of nitrogens with zero attached hydrogens (tertiary/aromatic N) is 5. The molecular formula is C25H18N6O5. The van der Waals surface area contributed by atoms with Crippen LogP contribution in [0.25, 0.3) is 33.9 Å². The lowest BCUT2D eigenvalue weighted by atomic mass is 10.1. The third-order valence-corrected chi connectivity index (χ3v) is 5.97. The van der Waals surface area contributed by atoms with Gasteiger partial charge in [-0.2, -0.15) is 4.98 Å². The van der Waals surface area contributed by atoms with Crippen molar-refractivity contribution in [3.05, 3.63) is 82.9 Å². The minimum Gasteiger partial charge on any atom is -0.408 e. The average molecular weight is 482 g/mol. The molecule has 11 nitrogen and oxygen atoms in total. The number of carbonyl (C=O) groups excluding carboxylic acids is 2. The molecule has 0 bridgehead atoms. The molecular weight excluding hydrogens is 464 g/mol. The Kier molecular flexibility index (Phi) is 5.21. The number of amides is 2. The summed E-state index contributed by atoms with van der Waals surface area (Å²) in [7, 11) is 0. The molecule has 36 heavy (non-hydrogen) atoms. The highest BCUT2D eigenvalue weighted by atomic mass is 16.5. The molecule has 1 aliphatic rings. The molecule has 0 spiro atoms. The number of hydrogen-bond acceptors (Lipinski definition) is 9. The molecule has 3 aromatic heterocycles. The van der Waals surface area contributed by atoms with Crippen molar-refractivity contribution < 1.29 is 18.5 Å². The molecule has 1 atom stereocenters. The van der Waals surface area contributed by atoms with Crippen LogP contribution in [0, 0.1) is 0 Å². The van der Waals surface area contributed by atoms with Gasteiger partial charge in [-0.15, -0.1) is 0 Å². The van der Waals surface area contributed by atoms with Crippen molar-refractivity contribution in [2.45, 2.75) is 25.3 Å². The van der Waals surface area contributed by atoms with E-state index in [1.165, 1.54) is 4.57 Å². The molecule has 5 aromatic rings. The molecule has 0 aliphatic carbocycles. The number of nitrogens with one attached hydrogen (secondary N) is 1. The van der Waals surface area contributed by atoms with E-state index in [-0.39, 0.29) is 18.7 Å². The molecule has 1 fully saturated rings. The summed E-state index contributed by atoms with van der Waals surface area (Å²) in [4.78, 5) is 49.4. The molecule has 1 aliphatic heterocycles. The lowest BCUT2D eigenvalue weighted by molar-refractivity contribution is -0.135. The van der Waals surface area contributed by atoms with Gasteiger partial charge in [-0.3, -0.25) is 19.5 Å². The van der Waals surface area contributed by atoms with Crippen LogP contribution in [0.1, 0.15) is 30.3 Å². The van der Waals surface area contributed by atoms with Crippen molar-refractivity contribution >= 4 is 22.9 Å². The maximum absolute atomic E-state index is 12.5. The second-order valence-corrected chi connectivity index (χ2v) is 8.35. The standard InChI is InChI=1S/C25H18N6O5/c32-20-8-6-17(24(33)28-20)31-18-11-14(5-7-19(18)35-25(31)34)12-21-29-23(30-36-21)16-4-1-3-15(13-16)22-26-9-2-10-27-22/h1-5,7,9-11,13,17H,6,8,12H2,(H,28,32,33). The summed E-state index contributed by atoms with van der Waals surface area (Å²) >= 11 is 0. The maximum Gasteiger partial charge on any atom is 0.420 e. The third kappa shape index (κ3) is 3.96. The van der Waals surface area contributed by atoms with Gasteiger partial charge in [0, 0.05) is 29.9 Å². The summed E-state index contributed by atoms with van der Waals surface area (Å²) in [5.41, 5.74) is 3.18. The summed E-state index contributed by atoms with van der Waals surface area (Å²) in [5, 5.41) is 6.38. The van der Waals surface area contributed by atoms with Gasteiger partial charge in [0.2, 0.25) is 23.5 Å². The van der Waals surface area contributed by atoms with E-state index in [4.69, 9.17) is 8.94 Å². The van der Waals surface area contributed by atoms with Gasteiger partial charge in [-0.1, -0.05) is 29.4 Å². The van der Waals surface area contributed by atoms with E-state index in [1.54, 1.807) is 36.7 Å². The first kappa shape index (κ1) is 21.6. The van der Waals surface area contributed by atoms with Gasteiger partial charge in [0.1, 0.15) is 6.04 Å². The van der Waals surface area contributed by atoms with Crippen LogP contribution in [0.5, 0.6) is 0 Å². The van der Waals surface area contributed by atoms with E-state index in [0.29, 0.717) is 35.1 Å². The van der Waals surface area contributed by atoms with Gasteiger partial charge >= 0.3 is 5.76 Å². The van der Waals surface area contributed by atoms with Crippen molar-refractivity contribution in [3.8, 4) is 22.8 Å². The first-order valence-electron chi connectivity index (χ1n) is 11.2. The Morgan fingerprint density at radius 2 is 1.78 bits per heavy atom. The molecule has 1 N–H and O–H groups in total. The Balaban J connectivity index is 1.28. The Hall–Kier alpha value is -4.93. The summed E-state index contributed by atoms with van der Waals surface area (Å²) < 4.78 is 12.1.